The third-order valence-corrected chi connectivity index (χ3v) is 3.85. The zero-order valence-electron chi connectivity index (χ0n) is 14.7. The third-order valence-electron chi connectivity index (χ3n) is 3.85. The number of aryl methyl sites for hydroxylation is 1. The zero-order chi connectivity index (χ0) is 18.4. The molecule has 0 bridgehead atoms. The van der Waals surface area contributed by atoms with E-state index in [0.717, 1.165) is 11.1 Å². The minimum absolute atomic E-state index is 0.0652. The van der Waals surface area contributed by atoms with Crippen LogP contribution in [0.5, 0.6) is 0 Å². The summed E-state index contributed by atoms with van der Waals surface area (Å²) < 4.78 is 5.14. The van der Waals surface area contributed by atoms with E-state index in [-0.39, 0.29) is 5.91 Å². The van der Waals surface area contributed by atoms with Crippen LogP contribution in [0.2, 0.25) is 0 Å². The molecule has 1 amide bonds. The largest absolute Gasteiger partial charge is 0.383 e. The predicted molar refractivity (Wildman–Crippen MR) is 95.1 cm³/mol. The number of aromatic nitrogens is 5. The van der Waals surface area contributed by atoms with Gasteiger partial charge in [0.25, 0.3) is 5.91 Å². The summed E-state index contributed by atoms with van der Waals surface area (Å²) in [5.41, 5.74) is 2.38. The maximum Gasteiger partial charge on any atom is 0.254 e. The lowest BCUT2D eigenvalue weighted by Crippen LogP contribution is -2.33. The van der Waals surface area contributed by atoms with Crippen LogP contribution < -0.4 is 0 Å². The number of hydrogen-bond acceptors (Lipinski definition) is 6. The number of methoxy groups -OCH3 is 1. The molecule has 0 aliphatic heterocycles. The topological polar surface area (TPSA) is 86.0 Å². The van der Waals surface area contributed by atoms with E-state index < -0.39 is 0 Å². The molecule has 3 aromatic rings. The van der Waals surface area contributed by atoms with Gasteiger partial charge in [-0.1, -0.05) is 18.2 Å². The Morgan fingerprint density at radius 3 is 2.65 bits per heavy atom. The van der Waals surface area contributed by atoms with E-state index in [2.05, 4.69) is 20.4 Å². The van der Waals surface area contributed by atoms with Gasteiger partial charge in [-0.05, 0) is 29.0 Å². The van der Waals surface area contributed by atoms with Crippen molar-refractivity contribution in [2.45, 2.75) is 6.54 Å². The SMILES string of the molecule is COCCN(Cc1cccnc1)C(=O)c1ccc(-c2nnn(C)n2)cc1. The first-order chi connectivity index (χ1) is 12.7. The first-order valence-corrected chi connectivity index (χ1v) is 8.19. The number of carbonyl (C=O) groups is 1. The van der Waals surface area contributed by atoms with Crippen LogP contribution >= 0.6 is 0 Å². The monoisotopic (exact) mass is 352 g/mol. The molecule has 134 valence electrons. The fourth-order valence-electron chi connectivity index (χ4n) is 2.51. The maximum absolute atomic E-state index is 12.9. The Kier molecular flexibility index (Phi) is 5.65. The molecule has 0 radical (unpaired) electrons. The second kappa shape index (κ2) is 8.30. The van der Waals surface area contributed by atoms with Crippen molar-refractivity contribution in [2.24, 2.45) is 7.05 Å². The number of rotatable bonds is 7. The van der Waals surface area contributed by atoms with Gasteiger partial charge >= 0.3 is 0 Å². The molecule has 0 aliphatic rings. The van der Waals surface area contributed by atoms with Crippen LogP contribution in [0.1, 0.15) is 15.9 Å². The van der Waals surface area contributed by atoms with Gasteiger partial charge < -0.3 is 9.64 Å². The van der Waals surface area contributed by atoms with E-state index in [1.807, 2.05) is 24.3 Å². The highest BCUT2D eigenvalue weighted by Gasteiger charge is 2.16. The number of benzene rings is 1. The van der Waals surface area contributed by atoms with Crippen LogP contribution in [-0.4, -0.2) is 56.3 Å². The van der Waals surface area contributed by atoms with Gasteiger partial charge in [0.15, 0.2) is 0 Å². The minimum Gasteiger partial charge on any atom is -0.383 e. The first kappa shape index (κ1) is 17.7. The normalized spacial score (nSPS) is 10.7. The van der Waals surface area contributed by atoms with Crippen molar-refractivity contribution in [1.82, 2.24) is 30.1 Å². The standard InChI is InChI=1S/C18H20N6O2/c1-23-21-17(20-22-23)15-5-7-16(8-6-15)18(25)24(10-11-26-2)13-14-4-3-9-19-12-14/h3-9,12H,10-11,13H2,1-2H3. The average molecular weight is 352 g/mol. The molecular formula is C18H20N6O2. The summed E-state index contributed by atoms with van der Waals surface area (Å²) in [4.78, 5) is 20.2. The van der Waals surface area contributed by atoms with Crippen LogP contribution in [0.3, 0.4) is 0 Å². The molecule has 26 heavy (non-hydrogen) atoms. The number of nitrogens with zero attached hydrogens (tertiary/aromatic N) is 6. The Morgan fingerprint density at radius 1 is 1.23 bits per heavy atom. The van der Waals surface area contributed by atoms with Gasteiger partial charge in [-0.25, -0.2) is 0 Å². The van der Waals surface area contributed by atoms with Gasteiger partial charge in [0, 0.05) is 43.7 Å². The second-order valence-electron chi connectivity index (χ2n) is 5.76. The highest BCUT2D eigenvalue weighted by Crippen LogP contribution is 2.16. The fraction of sp³-hybridized carbons (Fsp3) is 0.278. The summed E-state index contributed by atoms with van der Waals surface area (Å²) in [6, 6.07) is 11.0. The van der Waals surface area contributed by atoms with Gasteiger partial charge in [-0.3, -0.25) is 9.78 Å². The lowest BCUT2D eigenvalue weighted by atomic mass is 10.1. The van der Waals surface area contributed by atoms with Crippen molar-refractivity contribution in [2.75, 3.05) is 20.3 Å². The first-order valence-electron chi connectivity index (χ1n) is 8.19. The van der Waals surface area contributed by atoms with Crippen molar-refractivity contribution in [3.8, 4) is 11.4 Å². The van der Waals surface area contributed by atoms with E-state index in [9.17, 15) is 4.79 Å². The Labute approximate surface area is 151 Å². The lowest BCUT2D eigenvalue weighted by molar-refractivity contribution is 0.0680. The Morgan fingerprint density at radius 2 is 2.04 bits per heavy atom. The molecule has 2 aromatic heterocycles. The van der Waals surface area contributed by atoms with Gasteiger partial charge in [0.2, 0.25) is 5.82 Å². The maximum atomic E-state index is 12.9. The molecule has 2 heterocycles. The second-order valence-corrected chi connectivity index (χ2v) is 5.76. The van der Waals surface area contributed by atoms with Crippen LogP contribution in [0.4, 0.5) is 0 Å². The van der Waals surface area contributed by atoms with E-state index in [1.165, 1.54) is 4.80 Å². The lowest BCUT2D eigenvalue weighted by Gasteiger charge is -2.22. The molecule has 0 unspecified atom stereocenters. The Hall–Kier alpha value is -3.13. The van der Waals surface area contributed by atoms with Crippen molar-refractivity contribution in [3.05, 3.63) is 59.9 Å². The molecule has 0 N–H and O–H groups in total. The molecule has 3 rings (SSSR count). The number of pyridine rings is 1. The van der Waals surface area contributed by atoms with E-state index >= 15 is 0 Å². The molecular weight excluding hydrogens is 332 g/mol. The summed E-state index contributed by atoms with van der Waals surface area (Å²) >= 11 is 0. The average Bonchev–Trinajstić information content (AvgIpc) is 3.12. The minimum atomic E-state index is -0.0652. The van der Waals surface area contributed by atoms with Crippen LogP contribution in [0, 0.1) is 0 Å². The number of tetrazole rings is 1. The Balaban J connectivity index is 1.77. The predicted octanol–water partition coefficient (Wildman–Crippen LogP) is 1.56. The summed E-state index contributed by atoms with van der Waals surface area (Å²) in [5.74, 6) is 0.461. The molecule has 0 saturated heterocycles. The van der Waals surface area contributed by atoms with E-state index in [1.54, 1.807) is 43.6 Å². The van der Waals surface area contributed by atoms with Gasteiger partial charge in [-0.15, -0.1) is 10.2 Å². The van der Waals surface area contributed by atoms with Crippen LogP contribution in [0.25, 0.3) is 11.4 Å². The smallest absolute Gasteiger partial charge is 0.254 e. The molecule has 1 aromatic carbocycles. The fourth-order valence-corrected chi connectivity index (χ4v) is 2.51. The van der Waals surface area contributed by atoms with Crippen LogP contribution in [-0.2, 0) is 18.3 Å². The van der Waals surface area contributed by atoms with Crippen molar-refractivity contribution in [3.63, 3.8) is 0 Å². The summed E-state index contributed by atoms with van der Waals surface area (Å²) in [6.45, 7) is 1.44. The summed E-state index contributed by atoms with van der Waals surface area (Å²) in [6.07, 6.45) is 3.47. The summed E-state index contributed by atoms with van der Waals surface area (Å²) in [7, 11) is 3.33. The van der Waals surface area contributed by atoms with Gasteiger partial charge in [-0.2, -0.15) is 4.80 Å². The zero-order valence-corrected chi connectivity index (χ0v) is 14.7. The molecule has 8 heteroatoms. The molecule has 8 nitrogen and oxygen atoms in total. The van der Waals surface area contributed by atoms with Crippen molar-refractivity contribution < 1.29 is 9.53 Å². The van der Waals surface area contributed by atoms with Crippen molar-refractivity contribution >= 4 is 5.91 Å². The quantitative estimate of drug-likeness (QED) is 0.641. The molecule has 0 aliphatic carbocycles. The van der Waals surface area contributed by atoms with Crippen molar-refractivity contribution in [1.29, 1.82) is 0 Å². The third kappa shape index (κ3) is 4.28. The highest BCUT2D eigenvalue weighted by molar-refractivity contribution is 5.94. The van der Waals surface area contributed by atoms with Crippen LogP contribution in [0.15, 0.2) is 48.8 Å². The van der Waals surface area contributed by atoms with Gasteiger partial charge in [0.05, 0.1) is 13.7 Å². The molecule has 0 spiro atoms. The highest BCUT2D eigenvalue weighted by atomic mass is 16.5. The number of amides is 1. The van der Waals surface area contributed by atoms with Gasteiger partial charge in [0.1, 0.15) is 0 Å². The molecule has 0 fully saturated rings. The number of ether oxygens (including phenoxy) is 1. The Bertz CT molecular complexity index is 848. The summed E-state index contributed by atoms with van der Waals surface area (Å²) in [5, 5.41) is 12.0. The molecule has 0 saturated carbocycles. The number of carbonyl (C=O) groups excluding carboxylic acids is 1. The molecule has 0 atom stereocenters. The van der Waals surface area contributed by atoms with E-state index in [0.29, 0.717) is 31.1 Å². The van der Waals surface area contributed by atoms with E-state index in [4.69, 9.17) is 4.74 Å². The number of hydrogen-bond donors (Lipinski definition) is 0.